The van der Waals surface area contributed by atoms with Crippen LogP contribution >= 0.6 is 11.6 Å². The Kier molecular flexibility index (Phi) is 4.42. The van der Waals surface area contributed by atoms with Crippen molar-refractivity contribution in [2.75, 3.05) is 5.88 Å². The van der Waals surface area contributed by atoms with E-state index in [0.717, 1.165) is 29.9 Å². The Morgan fingerprint density at radius 2 is 2.00 bits per heavy atom. The molecule has 1 heterocycles. The van der Waals surface area contributed by atoms with Gasteiger partial charge in [-0.3, -0.25) is 4.79 Å². The molecular weight excluding hydrogens is 234 g/mol. The highest BCUT2D eigenvalue weighted by Gasteiger charge is 2.21. The molecule has 0 unspecified atom stereocenters. The minimum atomic E-state index is 0.0142. The molecule has 2 nitrogen and oxygen atoms in total. The van der Waals surface area contributed by atoms with Crippen molar-refractivity contribution < 1.29 is 4.79 Å². The number of alkyl halides is 1. The molecule has 1 aromatic rings. The highest BCUT2D eigenvalue weighted by Crippen LogP contribution is 2.26. The molecule has 1 aromatic heterocycles. The first-order valence-corrected chi connectivity index (χ1v) is 6.61. The van der Waals surface area contributed by atoms with Crippen molar-refractivity contribution in [3.8, 4) is 0 Å². The molecule has 0 saturated heterocycles. The molecule has 0 bridgehead atoms. The zero-order valence-electron chi connectivity index (χ0n) is 11.4. The smallest absolute Gasteiger partial charge is 0.179 e. The highest BCUT2D eigenvalue weighted by atomic mass is 35.5. The highest BCUT2D eigenvalue weighted by molar-refractivity contribution is 6.30. The molecule has 0 amide bonds. The molecule has 0 atom stereocenters. The van der Waals surface area contributed by atoms with E-state index in [4.69, 9.17) is 11.6 Å². The number of aryl methyl sites for hydroxylation is 1. The number of ketones is 1. The van der Waals surface area contributed by atoms with Crippen LogP contribution in [0.1, 0.15) is 48.9 Å². The Morgan fingerprint density at radius 1 is 1.41 bits per heavy atom. The molecule has 0 aliphatic rings. The van der Waals surface area contributed by atoms with Crippen molar-refractivity contribution in [3.63, 3.8) is 0 Å². The molecular formula is C14H22ClNO. The van der Waals surface area contributed by atoms with E-state index in [0.29, 0.717) is 0 Å². The number of carbonyl (C=O) groups is 1. The SMILES string of the molecule is CCC(C)(C)Cn1c(C)cc(C(=O)CCl)c1C. The maximum atomic E-state index is 11.7. The van der Waals surface area contributed by atoms with Crippen molar-refractivity contribution in [3.05, 3.63) is 23.0 Å². The zero-order valence-corrected chi connectivity index (χ0v) is 12.2. The van der Waals surface area contributed by atoms with Crippen LogP contribution in [0.3, 0.4) is 0 Å². The van der Waals surface area contributed by atoms with E-state index >= 15 is 0 Å². The topological polar surface area (TPSA) is 22.0 Å². The van der Waals surface area contributed by atoms with Gasteiger partial charge in [0, 0.05) is 23.5 Å². The standard InChI is InChI=1S/C14H22ClNO/c1-6-14(4,5)9-16-10(2)7-12(11(16)3)13(17)8-15/h7H,6,8-9H2,1-5H3. The van der Waals surface area contributed by atoms with Crippen LogP contribution in [0.2, 0.25) is 0 Å². The molecule has 0 aromatic carbocycles. The van der Waals surface area contributed by atoms with Crippen molar-refractivity contribution in [1.82, 2.24) is 4.57 Å². The summed E-state index contributed by atoms with van der Waals surface area (Å²) in [5.74, 6) is 0.0712. The summed E-state index contributed by atoms with van der Waals surface area (Å²) in [5, 5.41) is 0. The predicted octanol–water partition coefficient (Wildman–Crippen LogP) is 3.96. The van der Waals surface area contributed by atoms with E-state index in [1.807, 2.05) is 19.9 Å². The molecule has 0 radical (unpaired) electrons. The van der Waals surface area contributed by atoms with Gasteiger partial charge in [0.2, 0.25) is 0 Å². The summed E-state index contributed by atoms with van der Waals surface area (Å²) >= 11 is 5.62. The van der Waals surface area contributed by atoms with Gasteiger partial charge in [0.1, 0.15) is 0 Å². The van der Waals surface area contributed by atoms with Crippen LogP contribution in [0.5, 0.6) is 0 Å². The van der Waals surface area contributed by atoms with E-state index in [2.05, 4.69) is 25.3 Å². The van der Waals surface area contributed by atoms with Crippen LogP contribution in [-0.2, 0) is 6.54 Å². The third-order valence-electron chi connectivity index (χ3n) is 3.54. The van der Waals surface area contributed by atoms with E-state index in [-0.39, 0.29) is 17.1 Å². The van der Waals surface area contributed by atoms with Crippen LogP contribution in [-0.4, -0.2) is 16.2 Å². The molecule has 0 fully saturated rings. The van der Waals surface area contributed by atoms with Gasteiger partial charge < -0.3 is 4.57 Å². The lowest BCUT2D eigenvalue weighted by Crippen LogP contribution is -2.20. The zero-order chi connectivity index (χ0) is 13.2. The number of aromatic nitrogens is 1. The van der Waals surface area contributed by atoms with Gasteiger partial charge in [-0.15, -0.1) is 11.6 Å². The lowest BCUT2D eigenvalue weighted by molar-refractivity contribution is 0.102. The molecule has 0 aliphatic carbocycles. The summed E-state index contributed by atoms with van der Waals surface area (Å²) in [7, 11) is 0. The summed E-state index contributed by atoms with van der Waals surface area (Å²) in [4.78, 5) is 11.7. The van der Waals surface area contributed by atoms with Crippen LogP contribution in [0.4, 0.5) is 0 Å². The summed E-state index contributed by atoms with van der Waals surface area (Å²) in [5.41, 5.74) is 3.19. The normalized spacial score (nSPS) is 11.9. The monoisotopic (exact) mass is 255 g/mol. The molecule has 1 rings (SSSR count). The molecule has 0 aliphatic heterocycles. The third-order valence-corrected chi connectivity index (χ3v) is 3.78. The second-order valence-electron chi connectivity index (χ2n) is 5.45. The van der Waals surface area contributed by atoms with Gasteiger partial charge in [0.25, 0.3) is 0 Å². The maximum Gasteiger partial charge on any atom is 0.179 e. The van der Waals surface area contributed by atoms with Crippen molar-refractivity contribution in [2.45, 2.75) is 47.6 Å². The fourth-order valence-corrected chi connectivity index (χ4v) is 2.08. The van der Waals surface area contributed by atoms with Gasteiger partial charge >= 0.3 is 0 Å². The first kappa shape index (κ1) is 14.3. The number of halogens is 1. The van der Waals surface area contributed by atoms with E-state index < -0.39 is 0 Å². The summed E-state index contributed by atoms with van der Waals surface area (Å²) in [6, 6.07) is 1.95. The van der Waals surface area contributed by atoms with Gasteiger partial charge in [0.15, 0.2) is 5.78 Å². The van der Waals surface area contributed by atoms with Gasteiger partial charge in [-0.25, -0.2) is 0 Å². The van der Waals surface area contributed by atoms with E-state index in [1.54, 1.807) is 0 Å². The lowest BCUT2D eigenvalue weighted by atomic mass is 9.90. The quantitative estimate of drug-likeness (QED) is 0.577. The van der Waals surface area contributed by atoms with Crippen molar-refractivity contribution in [1.29, 1.82) is 0 Å². The number of Topliss-reactive ketones (excluding diaryl/α,β-unsaturated/α-hetero) is 1. The van der Waals surface area contributed by atoms with Gasteiger partial charge in [0.05, 0.1) is 5.88 Å². The van der Waals surface area contributed by atoms with Crippen LogP contribution in [0, 0.1) is 19.3 Å². The fourth-order valence-electron chi connectivity index (χ4n) is 1.94. The first-order valence-electron chi connectivity index (χ1n) is 6.08. The predicted molar refractivity (Wildman–Crippen MR) is 73.0 cm³/mol. The Morgan fingerprint density at radius 3 is 2.47 bits per heavy atom. The average molecular weight is 256 g/mol. The fraction of sp³-hybridized carbons (Fsp3) is 0.643. The summed E-state index contributed by atoms with van der Waals surface area (Å²) in [6.45, 7) is 11.7. The molecule has 0 saturated carbocycles. The third kappa shape index (κ3) is 3.12. The summed E-state index contributed by atoms with van der Waals surface area (Å²) < 4.78 is 2.23. The second kappa shape index (κ2) is 5.26. The maximum absolute atomic E-state index is 11.7. The van der Waals surface area contributed by atoms with E-state index in [1.165, 1.54) is 0 Å². The minimum Gasteiger partial charge on any atom is -0.348 e. The molecule has 3 heteroatoms. The lowest BCUT2D eigenvalue weighted by Gasteiger charge is -2.25. The number of nitrogens with zero attached hydrogens (tertiary/aromatic N) is 1. The largest absolute Gasteiger partial charge is 0.348 e. The Bertz CT molecular complexity index is 418. The molecule has 0 N–H and O–H groups in total. The number of rotatable bonds is 5. The number of hydrogen-bond acceptors (Lipinski definition) is 1. The number of hydrogen-bond donors (Lipinski definition) is 0. The average Bonchev–Trinajstić information content (AvgIpc) is 2.56. The van der Waals surface area contributed by atoms with Gasteiger partial charge in [-0.1, -0.05) is 20.8 Å². The minimum absolute atomic E-state index is 0.0142. The Balaban J connectivity index is 3.10. The van der Waals surface area contributed by atoms with Crippen molar-refractivity contribution >= 4 is 17.4 Å². The Hall–Kier alpha value is -0.760. The van der Waals surface area contributed by atoms with E-state index in [9.17, 15) is 4.79 Å². The van der Waals surface area contributed by atoms with Crippen LogP contribution < -0.4 is 0 Å². The van der Waals surface area contributed by atoms with Gasteiger partial charge in [-0.2, -0.15) is 0 Å². The summed E-state index contributed by atoms with van der Waals surface area (Å²) in [6.07, 6.45) is 1.11. The first-order chi connectivity index (χ1) is 7.82. The van der Waals surface area contributed by atoms with Crippen LogP contribution in [0.15, 0.2) is 6.07 Å². The molecule has 96 valence electrons. The second-order valence-corrected chi connectivity index (χ2v) is 5.71. The molecule has 0 spiro atoms. The molecule has 17 heavy (non-hydrogen) atoms. The Labute approximate surface area is 109 Å². The van der Waals surface area contributed by atoms with Gasteiger partial charge in [-0.05, 0) is 31.7 Å². The van der Waals surface area contributed by atoms with Crippen LogP contribution in [0.25, 0.3) is 0 Å². The van der Waals surface area contributed by atoms with Crippen molar-refractivity contribution in [2.24, 2.45) is 5.41 Å². The number of carbonyl (C=O) groups excluding carboxylic acids is 1.